The molecule has 0 fully saturated rings. The van der Waals surface area contributed by atoms with E-state index in [1.807, 2.05) is 36.4 Å². The zero-order valence-corrected chi connectivity index (χ0v) is 10.0. The van der Waals surface area contributed by atoms with Crippen molar-refractivity contribution in [1.82, 2.24) is 4.90 Å². The van der Waals surface area contributed by atoms with Gasteiger partial charge in [0.2, 0.25) is 0 Å². The quantitative estimate of drug-likeness (QED) is 0.741. The summed E-state index contributed by atoms with van der Waals surface area (Å²) in [5, 5.41) is 0.762. The Morgan fingerprint density at radius 1 is 1.25 bits per heavy atom. The molecule has 0 saturated carbocycles. The third kappa shape index (κ3) is 2.05. The van der Waals surface area contributed by atoms with Crippen LogP contribution in [0.4, 0.5) is 0 Å². The third-order valence-corrected chi connectivity index (χ3v) is 2.89. The second-order valence-electron chi connectivity index (χ2n) is 3.65. The van der Waals surface area contributed by atoms with Gasteiger partial charge in [-0.05, 0) is 36.8 Å². The normalized spacial score (nSPS) is 15.2. The molecule has 2 heteroatoms. The van der Waals surface area contributed by atoms with Crippen LogP contribution in [-0.2, 0) is 0 Å². The highest BCUT2D eigenvalue weighted by Crippen LogP contribution is 2.27. The molecule has 1 aromatic carbocycles. The molecular weight excluding hydrogens is 218 g/mol. The fraction of sp³-hybridized carbons (Fsp3) is 0.143. The van der Waals surface area contributed by atoms with E-state index in [4.69, 9.17) is 11.6 Å². The van der Waals surface area contributed by atoms with Crippen LogP contribution in [-0.4, -0.2) is 11.4 Å². The summed E-state index contributed by atoms with van der Waals surface area (Å²) in [6, 6.07) is 7.88. The van der Waals surface area contributed by atoms with Crippen LogP contribution in [0.15, 0.2) is 54.8 Å². The lowest BCUT2D eigenvalue weighted by atomic mass is 10.1. The summed E-state index contributed by atoms with van der Waals surface area (Å²) >= 11 is 5.88. The molecule has 0 radical (unpaired) electrons. The lowest BCUT2D eigenvalue weighted by Gasteiger charge is -2.28. The number of nitrogens with zero attached hydrogens (tertiary/aromatic N) is 1. The Morgan fingerprint density at radius 2 is 1.94 bits per heavy atom. The molecule has 1 aromatic rings. The zero-order chi connectivity index (χ0) is 11.5. The standard InChI is InChI=1S/C14H14ClN/c1-3-16-11(2)5-4-6-14(16)12-7-9-13(15)10-8-12/h4-10H,2-3H2,1H3. The smallest absolute Gasteiger partial charge is 0.0484 e. The van der Waals surface area contributed by atoms with E-state index in [0.29, 0.717) is 0 Å². The Labute approximate surface area is 101 Å². The highest BCUT2D eigenvalue weighted by Gasteiger charge is 2.13. The first-order valence-corrected chi connectivity index (χ1v) is 5.71. The molecule has 0 saturated heterocycles. The molecule has 0 aromatic heterocycles. The molecule has 82 valence electrons. The number of halogens is 1. The highest BCUT2D eigenvalue weighted by molar-refractivity contribution is 6.30. The Morgan fingerprint density at radius 3 is 2.56 bits per heavy atom. The van der Waals surface area contributed by atoms with Gasteiger partial charge in [0.1, 0.15) is 0 Å². The maximum atomic E-state index is 5.88. The lowest BCUT2D eigenvalue weighted by Crippen LogP contribution is -2.21. The van der Waals surface area contributed by atoms with Gasteiger partial charge in [-0.25, -0.2) is 0 Å². The minimum absolute atomic E-state index is 0.762. The van der Waals surface area contributed by atoms with Gasteiger partial charge in [-0.1, -0.05) is 36.4 Å². The molecule has 16 heavy (non-hydrogen) atoms. The summed E-state index contributed by atoms with van der Waals surface area (Å²) in [6.07, 6.45) is 6.14. The van der Waals surface area contributed by atoms with Crippen molar-refractivity contribution in [3.8, 4) is 0 Å². The van der Waals surface area contributed by atoms with Crippen molar-refractivity contribution in [2.75, 3.05) is 6.54 Å². The highest BCUT2D eigenvalue weighted by atomic mass is 35.5. The van der Waals surface area contributed by atoms with Gasteiger partial charge in [0.25, 0.3) is 0 Å². The van der Waals surface area contributed by atoms with Crippen LogP contribution in [0.25, 0.3) is 5.70 Å². The van der Waals surface area contributed by atoms with Crippen LogP contribution in [0.3, 0.4) is 0 Å². The predicted molar refractivity (Wildman–Crippen MR) is 70.1 cm³/mol. The molecule has 1 nitrogen and oxygen atoms in total. The molecule has 1 heterocycles. The number of hydrogen-bond donors (Lipinski definition) is 0. The van der Waals surface area contributed by atoms with Gasteiger partial charge in [0.15, 0.2) is 0 Å². The molecule has 0 aliphatic carbocycles. The van der Waals surface area contributed by atoms with Crippen LogP contribution in [0.5, 0.6) is 0 Å². The topological polar surface area (TPSA) is 3.24 Å². The molecule has 2 rings (SSSR count). The van der Waals surface area contributed by atoms with E-state index in [1.165, 1.54) is 5.70 Å². The summed E-state index contributed by atoms with van der Waals surface area (Å²) in [7, 11) is 0. The largest absolute Gasteiger partial charge is 0.342 e. The summed E-state index contributed by atoms with van der Waals surface area (Å²) in [5.41, 5.74) is 3.36. The van der Waals surface area contributed by atoms with E-state index in [2.05, 4.69) is 24.5 Å². The summed E-state index contributed by atoms with van der Waals surface area (Å²) in [6.45, 7) is 7.07. The monoisotopic (exact) mass is 231 g/mol. The van der Waals surface area contributed by atoms with Crippen molar-refractivity contribution in [1.29, 1.82) is 0 Å². The molecule has 0 N–H and O–H groups in total. The van der Waals surface area contributed by atoms with Crippen molar-refractivity contribution < 1.29 is 0 Å². The number of rotatable bonds is 2. The second kappa shape index (κ2) is 4.58. The second-order valence-corrected chi connectivity index (χ2v) is 4.09. The maximum absolute atomic E-state index is 5.88. The first-order chi connectivity index (χ1) is 7.72. The molecule has 0 amide bonds. The minimum atomic E-state index is 0.762. The molecule has 0 bridgehead atoms. The van der Waals surface area contributed by atoms with E-state index < -0.39 is 0 Å². The molecule has 0 spiro atoms. The molecular formula is C14H14ClN. The Kier molecular flexibility index (Phi) is 3.16. The number of likely N-dealkylation sites (N-methyl/N-ethyl adjacent to an activating group) is 1. The van der Waals surface area contributed by atoms with Gasteiger partial charge in [0.05, 0.1) is 0 Å². The van der Waals surface area contributed by atoms with Crippen LogP contribution < -0.4 is 0 Å². The summed E-state index contributed by atoms with van der Waals surface area (Å²) < 4.78 is 0. The SMILES string of the molecule is C=C1C=CC=C(c2ccc(Cl)cc2)N1CC. The Bertz CT molecular complexity index is 454. The van der Waals surface area contributed by atoms with E-state index in [9.17, 15) is 0 Å². The summed E-state index contributed by atoms with van der Waals surface area (Å²) in [5.74, 6) is 0. The first-order valence-electron chi connectivity index (χ1n) is 5.33. The number of hydrogen-bond acceptors (Lipinski definition) is 1. The average molecular weight is 232 g/mol. The van der Waals surface area contributed by atoms with Crippen molar-refractivity contribution in [3.05, 3.63) is 65.4 Å². The third-order valence-electron chi connectivity index (χ3n) is 2.64. The van der Waals surface area contributed by atoms with E-state index >= 15 is 0 Å². The fourth-order valence-corrected chi connectivity index (χ4v) is 1.96. The fourth-order valence-electron chi connectivity index (χ4n) is 1.83. The zero-order valence-electron chi connectivity index (χ0n) is 9.28. The predicted octanol–water partition coefficient (Wildman–Crippen LogP) is 4.09. The maximum Gasteiger partial charge on any atom is 0.0484 e. The molecule has 1 aliphatic rings. The van der Waals surface area contributed by atoms with Gasteiger partial charge in [0, 0.05) is 23.0 Å². The average Bonchev–Trinajstić information content (AvgIpc) is 2.30. The number of allylic oxidation sites excluding steroid dienone is 3. The van der Waals surface area contributed by atoms with E-state index in [-0.39, 0.29) is 0 Å². The Hall–Kier alpha value is -1.47. The number of benzene rings is 1. The lowest BCUT2D eigenvalue weighted by molar-refractivity contribution is 0.530. The minimum Gasteiger partial charge on any atom is -0.342 e. The van der Waals surface area contributed by atoms with Gasteiger partial charge < -0.3 is 4.90 Å². The van der Waals surface area contributed by atoms with Crippen LogP contribution in [0.1, 0.15) is 12.5 Å². The molecule has 0 atom stereocenters. The van der Waals surface area contributed by atoms with Crippen molar-refractivity contribution >= 4 is 17.3 Å². The van der Waals surface area contributed by atoms with Crippen LogP contribution in [0.2, 0.25) is 5.02 Å². The first kappa shape index (κ1) is 11.0. The molecule has 0 unspecified atom stereocenters. The van der Waals surface area contributed by atoms with Crippen molar-refractivity contribution in [2.45, 2.75) is 6.92 Å². The van der Waals surface area contributed by atoms with Crippen LogP contribution >= 0.6 is 11.6 Å². The molecule has 1 aliphatic heterocycles. The van der Waals surface area contributed by atoms with E-state index in [0.717, 1.165) is 22.8 Å². The van der Waals surface area contributed by atoms with Gasteiger partial charge in [-0.2, -0.15) is 0 Å². The van der Waals surface area contributed by atoms with Crippen molar-refractivity contribution in [3.63, 3.8) is 0 Å². The van der Waals surface area contributed by atoms with Gasteiger partial charge >= 0.3 is 0 Å². The van der Waals surface area contributed by atoms with Crippen LogP contribution in [0, 0.1) is 0 Å². The van der Waals surface area contributed by atoms with Gasteiger partial charge in [-0.3, -0.25) is 0 Å². The van der Waals surface area contributed by atoms with Crippen molar-refractivity contribution in [2.24, 2.45) is 0 Å². The van der Waals surface area contributed by atoms with Gasteiger partial charge in [-0.15, -0.1) is 0 Å². The summed E-state index contributed by atoms with van der Waals surface area (Å²) in [4.78, 5) is 2.18. The Balaban J connectivity index is 2.39. The van der Waals surface area contributed by atoms with E-state index in [1.54, 1.807) is 0 Å².